The number of hydrogen-bond acceptors (Lipinski definition) is 9. The van der Waals surface area contributed by atoms with Gasteiger partial charge < -0.3 is 30.6 Å². The van der Waals surface area contributed by atoms with Crippen LogP contribution < -0.4 is 26.4 Å². The van der Waals surface area contributed by atoms with E-state index in [-0.39, 0.29) is 37.2 Å². The van der Waals surface area contributed by atoms with Gasteiger partial charge in [-0.2, -0.15) is 0 Å². The molecule has 0 saturated carbocycles. The number of fused-ring (bicyclic) bond motifs is 1. The fourth-order valence-electron chi connectivity index (χ4n) is 4.20. The van der Waals surface area contributed by atoms with Crippen LogP contribution in [0.15, 0.2) is 53.5 Å². The second kappa shape index (κ2) is 12.1. The molecule has 0 bridgehead atoms. The minimum absolute atomic E-state index is 0.0437. The van der Waals surface area contributed by atoms with E-state index in [1.807, 2.05) is 30.3 Å². The maximum absolute atomic E-state index is 13.0. The number of carbonyl (C=O) groups excluding carboxylic acids is 4. The molecule has 2 heterocycles. The number of hydrogen-bond donors (Lipinski definition) is 4. The lowest BCUT2D eigenvalue weighted by molar-refractivity contribution is -0.147. The van der Waals surface area contributed by atoms with Crippen molar-refractivity contribution in [2.45, 2.75) is 70.4 Å². The molecule has 3 atom stereocenters. The first-order valence-electron chi connectivity index (χ1n) is 12.9. The third-order valence-electron chi connectivity index (χ3n) is 6.05. The number of nitrogens with one attached hydrogen (secondary N) is 3. The van der Waals surface area contributed by atoms with Crippen molar-refractivity contribution in [3.63, 3.8) is 0 Å². The van der Waals surface area contributed by atoms with E-state index in [4.69, 9.17) is 19.9 Å². The van der Waals surface area contributed by atoms with Crippen molar-refractivity contribution in [2.24, 2.45) is 10.7 Å². The van der Waals surface area contributed by atoms with E-state index in [1.54, 1.807) is 39.0 Å². The fraction of sp³-hybridized carbons (Fsp3) is 0.393. The van der Waals surface area contributed by atoms with Gasteiger partial charge in [0.1, 0.15) is 30.0 Å². The minimum Gasteiger partial charge on any atom is -0.478 e. The first kappa shape index (κ1) is 28.4. The predicted molar refractivity (Wildman–Crippen MR) is 145 cm³/mol. The number of rotatable bonds is 9. The van der Waals surface area contributed by atoms with Gasteiger partial charge in [-0.25, -0.2) is 14.6 Å². The molecule has 2 aliphatic rings. The molecular formula is C28H33N5O7. The smallest absolute Gasteiger partial charge is 0.408 e. The number of nitrogens with two attached hydrogens (primary N) is 1. The zero-order valence-electron chi connectivity index (χ0n) is 22.6. The zero-order valence-corrected chi connectivity index (χ0v) is 22.6. The molecule has 12 heteroatoms. The highest BCUT2D eigenvalue weighted by Gasteiger charge is 2.32. The third kappa shape index (κ3) is 7.71. The normalized spacial score (nSPS) is 18.8. The SMILES string of the molecule is CC(C)(C)OC(=O)NC(Cc1ccc2c(c1)NC(=O)C(CCC1N=C(N)NC1=O)O2)C(=O)OCc1ccccc1. The Morgan fingerprint density at radius 1 is 1.05 bits per heavy atom. The van der Waals surface area contributed by atoms with Crippen molar-refractivity contribution < 1.29 is 33.4 Å². The summed E-state index contributed by atoms with van der Waals surface area (Å²) in [6.07, 6.45) is -0.931. The summed E-state index contributed by atoms with van der Waals surface area (Å²) in [6, 6.07) is 12.6. The van der Waals surface area contributed by atoms with Crippen molar-refractivity contribution in [3.8, 4) is 5.75 Å². The van der Waals surface area contributed by atoms with E-state index in [1.165, 1.54) is 0 Å². The highest BCUT2D eigenvalue weighted by atomic mass is 16.6. The van der Waals surface area contributed by atoms with E-state index in [2.05, 4.69) is 20.9 Å². The molecule has 0 saturated heterocycles. The number of benzene rings is 2. The van der Waals surface area contributed by atoms with Gasteiger partial charge in [0, 0.05) is 6.42 Å². The molecule has 0 fully saturated rings. The van der Waals surface area contributed by atoms with Crippen LogP contribution in [-0.2, 0) is 36.9 Å². The summed E-state index contributed by atoms with van der Waals surface area (Å²) in [4.78, 5) is 54.0. The highest BCUT2D eigenvalue weighted by Crippen LogP contribution is 2.32. The van der Waals surface area contributed by atoms with Gasteiger partial charge in [0.05, 0.1) is 5.69 Å². The molecule has 0 aliphatic carbocycles. The van der Waals surface area contributed by atoms with Crippen molar-refractivity contribution >= 4 is 35.5 Å². The summed E-state index contributed by atoms with van der Waals surface area (Å²) in [6.45, 7) is 5.21. The van der Waals surface area contributed by atoms with E-state index in [9.17, 15) is 19.2 Å². The first-order valence-corrected chi connectivity index (χ1v) is 12.9. The van der Waals surface area contributed by atoms with E-state index in [0.717, 1.165) is 5.56 Å². The van der Waals surface area contributed by atoms with Gasteiger partial charge in [0.25, 0.3) is 11.8 Å². The van der Waals surface area contributed by atoms with Crippen molar-refractivity contribution in [1.29, 1.82) is 0 Å². The molecule has 3 amide bonds. The molecule has 12 nitrogen and oxygen atoms in total. The standard InChI is InChI=1S/C28H33N5O7/c1-28(2,3)40-27(37)32-20(25(36)38-15-16-7-5-4-6-8-16)14-17-9-11-21-19(13-17)30-24(35)22(39-21)12-10-18-23(34)33-26(29)31-18/h4-9,11,13,18,20,22H,10,12,14-15H2,1-3H3,(H,30,35)(H,32,37)(H3,29,31,33,34). The number of esters is 1. The van der Waals surface area contributed by atoms with Crippen LogP contribution in [0.1, 0.15) is 44.7 Å². The Bertz CT molecular complexity index is 1310. The lowest BCUT2D eigenvalue weighted by Gasteiger charge is -2.27. The molecule has 40 heavy (non-hydrogen) atoms. The number of alkyl carbamates (subject to hydrolysis) is 1. The zero-order chi connectivity index (χ0) is 28.9. The lowest BCUT2D eigenvalue weighted by atomic mass is 10.0. The molecule has 5 N–H and O–H groups in total. The molecule has 2 aromatic carbocycles. The maximum atomic E-state index is 13.0. The Morgan fingerprint density at radius 2 is 1.80 bits per heavy atom. The number of amides is 3. The van der Waals surface area contributed by atoms with Crippen LogP contribution in [0, 0.1) is 0 Å². The maximum Gasteiger partial charge on any atom is 0.408 e. The van der Waals surface area contributed by atoms with Crippen LogP contribution in [0.5, 0.6) is 5.75 Å². The van der Waals surface area contributed by atoms with E-state index in [0.29, 0.717) is 23.4 Å². The number of guanidine groups is 1. The molecule has 212 valence electrons. The Morgan fingerprint density at radius 3 is 2.48 bits per heavy atom. The van der Waals surface area contributed by atoms with Crippen LogP contribution in [0.3, 0.4) is 0 Å². The summed E-state index contributed by atoms with van der Waals surface area (Å²) in [5, 5.41) is 7.84. The Hall–Kier alpha value is -4.61. The molecule has 0 spiro atoms. The van der Waals surface area contributed by atoms with Crippen LogP contribution in [-0.4, -0.2) is 53.6 Å². The van der Waals surface area contributed by atoms with Gasteiger partial charge >= 0.3 is 12.1 Å². The summed E-state index contributed by atoms with van der Waals surface area (Å²) >= 11 is 0. The Balaban J connectivity index is 1.42. The number of aliphatic imine (C=N–C) groups is 1. The predicted octanol–water partition coefficient (Wildman–Crippen LogP) is 2.16. The number of nitrogens with zero attached hydrogens (tertiary/aromatic N) is 1. The summed E-state index contributed by atoms with van der Waals surface area (Å²) in [5.74, 6) is -0.811. The van der Waals surface area contributed by atoms with Crippen molar-refractivity contribution in [3.05, 3.63) is 59.7 Å². The van der Waals surface area contributed by atoms with Gasteiger partial charge in [-0.15, -0.1) is 0 Å². The van der Waals surface area contributed by atoms with E-state index < -0.39 is 35.9 Å². The molecule has 3 unspecified atom stereocenters. The van der Waals surface area contributed by atoms with Crippen molar-refractivity contribution in [2.75, 3.05) is 5.32 Å². The van der Waals surface area contributed by atoms with Crippen molar-refractivity contribution in [1.82, 2.24) is 10.6 Å². The van der Waals surface area contributed by atoms with Crippen LogP contribution >= 0.6 is 0 Å². The van der Waals surface area contributed by atoms with Gasteiger partial charge in [0.15, 0.2) is 12.1 Å². The number of ether oxygens (including phenoxy) is 3. The quantitative estimate of drug-likeness (QED) is 0.344. The number of anilines is 1. The second-order valence-electron chi connectivity index (χ2n) is 10.5. The van der Waals surface area contributed by atoms with Crippen LogP contribution in [0.25, 0.3) is 0 Å². The summed E-state index contributed by atoms with van der Waals surface area (Å²) < 4.78 is 16.7. The topological polar surface area (TPSA) is 170 Å². The minimum atomic E-state index is -1.05. The average molecular weight is 552 g/mol. The monoisotopic (exact) mass is 551 g/mol. The molecule has 0 radical (unpaired) electrons. The molecule has 0 aromatic heterocycles. The molecule has 4 rings (SSSR count). The van der Waals surface area contributed by atoms with Gasteiger partial charge in [0.2, 0.25) is 0 Å². The number of carbonyl (C=O) groups is 4. The fourth-order valence-corrected chi connectivity index (χ4v) is 4.20. The summed E-state index contributed by atoms with van der Waals surface area (Å²) in [5.41, 5.74) is 6.64. The second-order valence-corrected chi connectivity index (χ2v) is 10.5. The van der Waals surface area contributed by atoms with Crippen LogP contribution in [0.2, 0.25) is 0 Å². The molecule has 2 aromatic rings. The Kier molecular flexibility index (Phi) is 8.56. The largest absolute Gasteiger partial charge is 0.478 e. The lowest BCUT2D eigenvalue weighted by Crippen LogP contribution is -2.45. The van der Waals surface area contributed by atoms with Gasteiger partial charge in [-0.05, 0) is 56.9 Å². The highest BCUT2D eigenvalue weighted by molar-refractivity contribution is 6.04. The van der Waals surface area contributed by atoms with Gasteiger partial charge in [-0.1, -0.05) is 36.4 Å². The third-order valence-corrected chi connectivity index (χ3v) is 6.05. The molecular weight excluding hydrogens is 518 g/mol. The first-order chi connectivity index (χ1) is 19.0. The average Bonchev–Trinajstić information content (AvgIpc) is 3.21. The Labute approximate surface area is 231 Å². The van der Waals surface area contributed by atoms with Gasteiger partial charge in [-0.3, -0.25) is 14.9 Å². The van der Waals surface area contributed by atoms with Crippen LogP contribution in [0.4, 0.5) is 10.5 Å². The molecule has 2 aliphatic heterocycles. The summed E-state index contributed by atoms with van der Waals surface area (Å²) in [7, 11) is 0. The van der Waals surface area contributed by atoms with E-state index >= 15 is 0 Å².